The lowest BCUT2D eigenvalue weighted by Crippen LogP contribution is -2.27. The Morgan fingerprint density at radius 2 is 2.00 bits per heavy atom. The summed E-state index contributed by atoms with van der Waals surface area (Å²) in [5, 5.41) is 3.85. The van der Waals surface area contributed by atoms with E-state index in [2.05, 4.69) is 10.3 Å². The highest BCUT2D eigenvalue weighted by Crippen LogP contribution is 2.22. The van der Waals surface area contributed by atoms with E-state index in [0.29, 0.717) is 11.3 Å². The smallest absolute Gasteiger partial charge is 0.253 e. The zero-order valence-electron chi connectivity index (χ0n) is 14.2. The first-order valence-electron chi connectivity index (χ1n) is 7.80. The summed E-state index contributed by atoms with van der Waals surface area (Å²) in [6, 6.07) is 11.0. The van der Waals surface area contributed by atoms with E-state index >= 15 is 0 Å². The Labute approximate surface area is 140 Å². The number of carbonyl (C=O) groups is 1. The van der Waals surface area contributed by atoms with Gasteiger partial charge in [-0.3, -0.25) is 9.78 Å². The van der Waals surface area contributed by atoms with Crippen molar-refractivity contribution in [1.82, 2.24) is 10.3 Å². The van der Waals surface area contributed by atoms with Crippen molar-refractivity contribution in [3.8, 4) is 5.75 Å². The summed E-state index contributed by atoms with van der Waals surface area (Å²) in [5.41, 5.74) is 2.04. The highest BCUT2D eigenvalue weighted by molar-refractivity contribution is 5.98. The molecule has 1 aromatic carbocycles. The van der Waals surface area contributed by atoms with Gasteiger partial charge in [0.1, 0.15) is 17.3 Å². The maximum Gasteiger partial charge on any atom is 0.253 e. The second-order valence-electron chi connectivity index (χ2n) is 5.82. The molecule has 2 aromatic heterocycles. The maximum absolute atomic E-state index is 12.6. The number of furan rings is 1. The molecule has 0 radical (unpaired) electrons. The fourth-order valence-corrected chi connectivity index (χ4v) is 2.63. The van der Waals surface area contributed by atoms with Gasteiger partial charge >= 0.3 is 0 Å². The zero-order valence-corrected chi connectivity index (χ0v) is 14.2. The SMILES string of the molecule is COc1ccc2cc(C(=O)NC(C)c3ccc(C)o3)c(C)nc2c1. The third kappa shape index (κ3) is 3.11. The summed E-state index contributed by atoms with van der Waals surface area (Å²) < 4.78 is 10.8. The van der Waals surface area contributed by atoms with Crippen LogP contribution in [-0.4, -0.2) is 18.0 Å². The molecule has 3 aromatic rings. The first kappa shape index (κ1) is 16.1. The number of carbonyl (C=O) groups excluding carboxylic acids is 1. The molecule has 0 spiro atoms. The number of hydrogen-bond donors (Lipinski definition) is 1. The first-order valence-corrected chi connectivity index (χ1v) is 7.80. The van der Waals surface area contributed by atoms with Crippen molar-refractivity contribution in [2.45, 2.75) is 26.8 Å². The van der Waals surface area contributed by atoms with Crippen LogP contribution in [0, 0.1) is 13.8 Å². The molecule has 5 nitrogen and oxygen atoms in total. The zero-order chi connectivity index (χ0) is 17.3. The molecule has 2 heterocycles. The van der Waals surface area contributed by atoms with Crippen LogP contribution in [0.15, 0.2) is 40.8 Å². The van der Waals surface area contributed by atoms with Crippen LogP contribution in [0.2, 0.25) is 0 Å². The number of aromatic nitrogens is 1. The van der Waals surface area contributed by atoms with E-state index in [1.807, 2.05) is 57.2 Å². The van der Waals surface area contributed by atoms with Crippen molar-refractivity contribution in [2.75, 3.05) is 7.11 Å². The molecule has 1 amide bonds. The second kappa shape index (κ2) is 6.35. The van der Waals surface area contributed by atoms with Crippen LogP contribution in [0.4, 0.5) is 0 Å². The number of ether oxygens (including phenoxy) is 1. The maximum atomic E-state index is 12.6. The van der Waals surface area contributed by atoms with E-state index < -0.39 is 0 Å². The van der Waals surface area contributed by atoms with Crippen LogP contribution in [-0.2, 0) is 0 Å². The van der Waals surface area contributed by atoms with Gasteiger partial charge in [-0.05, 0) is 51.1 Å². The fourth-order valence-electron chi connectivity index (χ4n) is 2.63. The van der Waals surface area contributed by atoms with Gasteiger partial charge in [-0.2, -0.15) is 0 Å². The standard InChI is InChI=1S/C19H20N2O3/c1-11-5-8-18(24-11)13(3)21-19(22)16-9-14-6-7-15(23-4)10-17(14)20-12(16)2/h5-10,13H,1-4H3,(H,21,22). The third-order valence-corrected chi connectivity index (χ3v) is 4.00. The largest absolute Gasteiger partial charge is 0.497 e. The van der Waals surface area contributed by atoms with Crippen LogP contribution in [0.5, 0.6) is 5.75 Å². The molecule has 0 saturated carbocycles. The number of fused-ring (bicyclic) bond motifs is 1. The van der Waals surface area contributed by atoms with E-state index in [1.165, 1.54) is 0 Å². The topological polar surface area (TPSA) is 64.4 Å². The molecule has 0 fully saturated rings. The lowest BCUT2D eigenvalue weighted by molar-refractivity contribution is 0.0934. The van der Waals surface area contributed by atoms with Crippen molar-refractivity contribution in [1.29, 1.82) is 0 Å². The molecular weight excluding hydrogens is 304 g/mol. The molecule has 5 heteroatoms. The van der Waals surface area contributed by atoms with Crippen LogP contribution < -0.4 is 10.1 Å². The summed E-state index contributed by atoms with van der Waals surface area (Å²) in [4.78, 5) is 17.1. The van der Waals surface area contributed by atoms with Crippen molar-refractivity contribution in [3.63, 3.8) is 0 Å². The number of pyridine rings is 1. The Hall–Kier alpha value is -2.82. The second-order valence-corrected chi connectivity index (χ2v) is 5.82. The summed E-state index contributed by atoms with van der Waals surface area (Å²) in [5.74, 6) is 2.13. The molecule has 0 aliphatic carbocycles. The monoisotopic (exact) mass is 324 g/mol. The number of aryl methyl sites for hydroxylation is 2. The minimum Gasteiger partial charge on any atom is -0.497 e. The van der Waals surface area contributed by atoms with Gasteiger partial charge in [-0.15, -0.1) is 0 Å². The number of benzene rings is 1. The van der Waals surface area contributed by atoms with Crippen LogP contribution >= 0.6 is 0 Å². The van der Waals surface area contributed by atoms with Gasteiger partial charge in [0, 0.05) is 11.5 Å². The molecule has 124 valence electrons. The third-order valence-electron chi connectivity index (χ3n) is 4.00. The van der Waals surface area contributed by atoms with Crippen LogP contribution in [0.1, 0.15) is 40.5 Å². The van der Waals surface area contributed by atoms with E-state index in [1.54, 1.807) is 7.11 Å². The lowest BCUT2D eigenvalue weighted by atomic mass is 10.1. The highest BCUT2D eigenvalue weighted by atomic mass is 16.5. The minimum atomic E-state index is -0.211. The Kier molecular flexibility index (Phi) is 4.25. The fraction of sp³-hybridized carbons (Fsp3) is 0.263. The minimum absolute atomic E-state index is 0.167. The molecule has 0 saturated heterocycles. The van der Waals surface area contributed by atoms with Gasteiger partial charge in [-0.25, -0.2) is 0 Å². The summed E-state index contributed by atoms with van der Waals surface area (Å²) in [6.07, 6.45) is 0. The average molecular weight is 324 g/mol. The molecular formula is C19H20N2O3. The molecule has 1 unspecified atom stereocenters. The van der Waals surface area contributed by atoms with Gasteiger partial charge in [0.25, 0.3) is 5.91 Å². The van der Waals surface area contributed by atoms with E-state index in [9.17, 15) is 4.79 Å². The Bertz CT molecular complexity index is 899. The number of rotatable bonds is 4. The predicted molar refractivity (Wildman–Crippen MR) is 92.4 cm³/mol. The molecule has 0 aliphatic heterocycles. The molecule has 0 aliphatic rings. The number of methoxy groups -OCH3 is 1. The van der Waals surface area contributed by atoms with E-state index in [0.717, 1.165) is 28.2 Å². The molecule has 0 bridgehead atoms. The predicted octanol–water partition coefficient (Wildman–Crippen LogP) is 3.94. The first-order chi connectivity index (χ1) is 11.5. The molecule has 24 heavy (non-hydrogen) atoms. The van der Waals surface area contributed by atoms with Gasteiger partial charge < -0.3 is 14.5 Å². The Morgan fingerprint density at radius 1 is 1.21 bits per heavy atom. The normalized spacial score (nSPS) is 12.2. The van der Waals surface area contributed by atoms with Gasteiger partial charge in [0.15, 0.2) is 0 Å². The summed E-state index contributed by atoms with van der Waals surface area (Å²) in [6.45, 7) is 5.60. The molecule has 1 atom stereocenters. The van der Waals surface area contributed by atoms with Gasteiger partial charge in [-0.1, -0.05) is 0 Å². The molecule has 3 rings (SSSR count). The van der Waals surface area contributed by atoms with Gasteiger partial charge in [0.2, 0.25) is 0 Å². The number of amides is 1. The Balaban J connectivity index is 1.87. The Morgan fingerprint density at radius 3 is 2.67 bits per heavy atom. The van der Waals surface area contributed by atoms with Crippen molar-refractivity contribution in [2.24, 2.45) is 0 Å². The van der Waals surface area contributed by atoms with Crippen molar-refractivity contribution < 1.29 is 13.9 Å². The number of hydrogen-bond acceptors (Lipinski definition) is 4. The quantitative estimate of drug-likeness (QED) is 0.789. The van der Waals surface area contributed by atoms with Gasteiger partial charge in [0.05, 0.1) is 29.9 Å². The summed E-state index contributed by atoms with van der Waals surface area (Å²) in [7, 11) is 1.62. The van der Waals surface area contributed by atoms with E-state index in [4.69, 9.17) is 9.15 Å². The van der Waals surface area contributed by atoms with Crippen LogP contribution in [0.3, 0.4) is 0 Å². The summed E-state index contributed by atoms with van der Waals surface area (Å²) >= 11 is 0. The van der Waals surface area contributed by atoms with Crippen molar-refractivity contribution >= 4 is 16.8 Å². The van der Waals surface area contributed by atoms with E-state index in [-0.39, 0.29) is 11.9 Å². The number of nitrogens with one attached hydrogen (secondary N) is 1. The molecule has 1 N–H and O–H groups in total. The highest BCUT2D eigenvalue weighted by Gasteiger charge is 2.17. The number of nitrogens with zero attached hydrogens (tertiary/aromatic N) is 1. The van der Waals surface area contributed by atoms with Crippen LogP contribution in [0.25, 0.3) is 10.9 Å². The lowest BCUT2D eigenvalue weighted by Gasteiger charge is -2.13. The van der Waals surface area contributed by atoms with Crippen molar-refractivity contribution in [3.05, 3.63) is 59.2 Å². The average Bonchev–Trinajstić information content (AvgIpc) is 3.00.